The topological polar surface area (TPSA) is 68.0 Å². The molecule has 0 unspecified atom stereocenters. The fourth-order valence-electron chi connectivity index (χ4n) is 3.21. The van der Waals surface area contributed by atoms with Gasteiger partial charge in [0.2, 0.25) is 5.89 Å². The predicted molar refractivity (Wildman–Crippen MR) is 109 cm³/mol. The highest BCUT2D eigenvalue weighted by atomic mass is 19.1. The van der Waals surface area contributed by atoms with Crippen molar-refractivity contribution in [1.29, 1.82) is 0 Å². The van der Waals surface area contributed by atoms with E-state index in [2.05, 4.69) is 15.3 Å². The van der Waals surface area contributed by atoms with Crippen LogP contribution in [-0.2, 0) is 0 Å². The van der Waals surface area contributed by atoms with E-state index in [1.807, 2.05) is 31.2 Å². The molecule has 2 aromatic carbocycles. The Morgan fingerprint density at radius 2 is 1.79 bits per heavy atom. The van der Waals surface area contributed by atoms with Gasteiger partial charge in [0.15, 0.2) is 0 Å². The number of aromatic nitrogens is 2. The van der Waals surface area contributed by atoms with Crippen LogP contribution < -0.4 is 5.32 Å². The normalized spacial score (nSPS) is 10.7. The molecule has 0 radical (unpaired) electrons. The van der Waals surface area contributed by atoms with Crippen LogP contribution in [0.15, 0.2) is 71.6 Å². The molecular weight excluding hydrogens is 369 g/mol. The SMILES string of the molecule is Cc1cc(NC(=O)c2c(C)cccc2F)ncc1-c1cccc(-c2ncco2)c1. The molecule has 0 aliphatic rings. The van der Waals surface area contributed by atoms with Crippen LogP contribution in [0.2, 0.25) is 0 Å². The fraction of sp³-hybridized carbons (Fsp3) is 0.0870. The standard InChI is InChI=1S/C23H18FN3O2/c1-14-5-3-8-19(24)21(14)22(28)27-20-11-15(2)18(13-26-20)16-6-4-7-17(12-16)23-25-9-10-29-23/h3-13H,1-2H3,(H,26,27,28). The third-order valence-electron chi connectivity index (χ3n) is 4.65. The molecule has 1 amide bonds. The maximum Gasteiger partial charge on any atom is 0.260 e. The molecule has 0 saturated heterocycles. The molecule has 4 rings (SSSR count). The second-order valence-electron chi connectivity index (χ2n) is 6.69. The zero-order chi connectivity index (χ0) is 20.4. The molecule has 0 fully saturated rings. The Bertz CT molecular complexity index is 1170. The van der Waals surface area contributed by atoms with E-state index in [4.69, 9.17) is 4.42 Å². The summed E-state index contributed by atoms with van der Waals surface area (Å²) in [6.45, 7) is 3.62. The first-order valence-electron chi connectivity index (χ1n) is 9.06. The maximum absolute atomic E-state index is 14.0. The summed E-state index contributed by atoms with van der Waals surface area (Å²) in [5.74, 6) is -0.172. The maximum atomic E-state index is 14.0. The largest absolute Gasteiger partial charge is 0.445 e. The number of carbonyl (C=O) groups excluding carboxylic acids is 1. The minimum Gasteiger partial charge on any atom is -0.445 e. The number of benzene rings is 2. The van der Waals surface area contributed by atoms with E-state index in [1.165, 1.54) is 12.3 Å². The molecule has 29 heavy (non-hydrogen) atoms. The molecule has 2 heterocycles. The average molecular weight is 387 g/mol. The molecule has 0 spiro atoms. The van der Waals surface area contributed by atoms with Crippen molar-refractivity contribution >= 4 is 11.7 Å². The number of carbonyl (C=O) groups is 1. The minimum atomic E-state index is -0.556. The third kappa shape index (κ3) is 3.78. The smallest absolute Gasteiger partial charge is 0.260 e. The predicted octanol–water partition coefficient (Wildman–Crippen LogP) is 5.41. The van der Waals surface area contributed by atoms with E-state index in [0.29, 0.717) is 17.3 Å². The second-order valence-corrected chi connectivity index (χ2v) is 6.69. The Morgan fingerprint density at radius 1 is 1.00 bits per heavy atom. The Labute approximate surface area is 167 Å². The summed E-state index contributed by atoms with van der Waals surface area (Å²) < 4.78 is 19.4. The summed E-state index contributed by atoms with van der Waals surface area (Å²) in [5, 5.41) is 2.68. The van der Waals surface area contributed by atoms with Gasteiger partial charge in [0.05, 0.1) is 11.8 Å². The van der Waals surface area contributed by atoms with Crippen LogP contribution in [0.25, 0.3) is 22.6 Å². The quantitative estimate of drug-likeness (QED) is 0.508. The molecule has 0 saturated carbocycles. The number of rotatable bonds is 4. The molecule has 0 bridgehead atoms. The minimum absolute atomic E-state index is 0.0229. The fourth-order valence-corrected chi connectivity index (χ4v) is 3.21. The molecule has 144 valence electrons. The molecule has 2 aromatic heterocycles. The van der Waals surface area contributed by atoms with Crippen molar-refractivity contribution in [3.8, 4) is 22.6 Å². The van der Waals surface area contributed by atoms with Crippen molar-refractivity contribution in [1.82, 2.24) is 9.97 Å². The molecule has 6 heteroatoms. The van der Waals surface area contributed by atoms with Gasteiger partial charge in [0, 0.05) is 17.3 Å². The van der Waals surface area contributed by atoms with Crippen LogP contribution in [0.3, 0.4) is 0 Å². The van der Waals surface area contributed by atoms with Crippen molar-refractivity contribution in [2.75, 3.05) is 5.32 Å². The van der Waals surface area contributed by atoms with E-state index in [9.17, 15) is 9.18 Å². The van der Waals surface area contributed by atoms with Crippen molar-refractivity contribution in [3.05, 3.63) is 89.7 Å². The van der Waals surface area contributed by atoms with Gasteiger partial charge in [-0.2, -0.15) is 0 Å². The van der Waals surface area contributed by atoms with E-state index in [0.717, 1.165) is 22.3 Å². The van der Waals surface area contributed by atoms with Gasteiger partial charge in [-0.1, -0.05) is 24.3 Å². The highest BCUT2D eigenvalue weighted by molar-refractivity contribution is 6.05. The number of hydrogen-bond acceptors (Lipinski definition) is 4. The van der Waals surface area contributed by atoms with Gasteiger partial charge in [0.1, 0.15) is 17.9 Å². The van der Waals surface area contributed by atoms with Crippen LogP contribution in [0.5, 0.6) is 0 Å². The number of anilines is 1. The highest BCUT2D eigenvalue weighted by Crippen LogP contribution is 2.28. The van der Waals surface area contributed by atoms with Crippen molar-refractivity contribution in [2.45, 2.75) is 13.8 Å². The van der Waals surface area contributed by atoms with Crippen molar-refractivity contribution in [3.63, 3.8) is 0 Å². The van der Waals surface area contributed by atoms with E-state index >= 15 is 0 Å². The first-order chi connectivity index (χ1) is 14.0. The number of amides is 1. The molecule has 5 nitrogen and oxygen atoms in total. The number of nitrogens with one attached hydrogen (secondary N) is 1. The third-order valence-corrected chi connectivity index (χ3v) is 4.65. The number of oxazole rings is 1. The van der Waals surface area contributed by atoms with Gasteiger partial charge < -0.3 is 9.73 Å². The van der Waals surface area contributed by atoms with Gasteiger partial charge in [-0.3, -0.25) is 4.79 Å². The zero-order valence-corrected chi connectivity index (χ0v) is 15.9. The lowest BCUT2D eigenvalue weighted by Crippen LogP contribution is -2.16. The summed E-state index contributed by atoms with van der Waals surface area (Å²) in [6.07, 6.45) is 4.82. The summed E-state index contributed by atoms with van der Waals surface area (Å²) in [6, 6.07) is 14.1. The van der Waals surface area contributed by atoms with Crippen LogP contribution >= 0.6 is 0 Å². The van der Waals surface area contributed by atoms with E-state index in [1.54, 1.807) is 37.5 Å². The number of pyridine rings is 1. The summed E-state index contributed by atoms with van der Waals surface area (Å²) in [5.41, 5.74) is 4.24. The van der Waals surface area contributed by atoms with E-state index < -0.39 is 11.7 Å². The molecular formula is C23H18FN3O2. The number of hydrogen-bond donors (Lipinski definition) is 1. The van der Waals surface area contributed by atoms with Crippen LogP contribution in [0, 0.1) is 19.7 Å². The monoisotopic (exact) mass is 387 g/mol. The molecule has 0 aliphatic heterocycles. The molecule has 1 N–H and O–H groups in total. The molecule has 0 aliphatic carbocycles. The number of halogens is 1. The second kappa shape index (κ2) is 7.67. The Morgan fingerprint density at radius 3 is 2.52 bits per heavy atom. The Hall–Kier alpha value is -3.80. The van der Waals surface area contributed by atoms with Crippen LogP contribution in [-0.4, -0.2) is 15.9 Å². The van der Waals surface area contributed by atoms with Crippen LogP contribution in [0.1, 0.15) is 21.5 Å². The van der Waals surface area contributed by atoms with Gasteiger partial charge in [-0.15, -0.1) is 0 Å². The lowest BCUT2D eigenvalue weighted by atomic mass is 10.0. The Balaban J connectivity index is 1.61. The van der Waals surface area contributed by atoms with Gasteiger partial charge in [-0.05, 0) is 54.8 Å². The number of aryl methyl sites for hydroxylation is 2. The first-order valence-corrected chi connectivity index (χ1v) is 9.06. The lowest BCUT2D eigenvalue weighted by Gasteiger charge is -2.11. The van der Waals surface area contributed by atoms with Crippen molar-refractivity contribution in [2.24, 2.45) is 0 Å². The first kappa shape index (κ1) is 18.6. The Kier molecular flexibility index (Phi) is 4.91. The van der Waals surface area contributed by atoms with Gasteiger partial charge in [0.25, 0.3) is 5.91 Å². The number of nitrogens with zero attached hydrogens (tertiary/aromatic N) is 2. The highest BCUT2D eigenvalue weighted by Gasteiger charge is 2.16. The molecule has 0 atom stereocenters. The van der Waals surface area contributed by atoms with Crippen LogP contribution in [0.4, 0.5) is 10.2 Å². The van der Waals surface area contributed by atoms with Gasteiger partial charge >= 0.3 is 0 Å². The zero-order valence-electron chi connectivity index (χ0n) is 15.9. The van der Waals surface area contributed by atoms with Crippen molar-refractivity contribution < 1.29 is 13.6 Å². The molecule has 4 aromatic rings. The van der Waals surface area contributed by atoms with E-state index in [-0.39, 0.29) is 5.56 Å². The summed E-state index contributed by atoms with van der Waals surface area (Å²) in [7, 11) is 0. The average Bonchev–Trinajstić information content (AvgIpc) is 3.23. The van der Waals surface area contributed by atoms with Gasteiger partial charge in [-0.25, -0.2) is 14.4 Å². The summed E-state index contributed by atoms with van der Waals surface area (Å²) >= 11 is 0. The summed E-state index contributed by atoms with van der Waals surface area (Å²) in [4.78, 5) is 21.0. The lowest BCUT2D eigenvalue weighted by molar-refractivity contribution is 0.102.